The van der Waals surface area contributed by atoms with Gasteiger partial charge in [-0.3, -0.25) is 14.4 Å². The van der Waals surface area contributed by atoms with Gasteiger partial charge in [0.2, 0.25) is 5.91 Å². The van der Waals surface area contributed by atoms with Crippen molar-refractivity contribution in [3.05, 3.63) is 16.5 Å². The lowest BCUT2D eigenvalue weighted by atomic mass is 9.99. The maximum atomic E-state index is 12.3. The average molecular weight is 445 g/mol. The number of piperidine rings is 1. The van der Waals surface area contributed by atoms with Crippen molar-refractivity contribution in [1.82, 2.24) is 15.5 Å². The Morgan fingerprint density at radius 3 is 2.38 bits per heavy atom. The third-order valence-corrected chi connectivity index (χ3v) is 5.24. The molecule has 11 heteroatoms. The normalized spacial score (nSPS) is 19.3. The molecule has 9 nitrogen and oxygen atoms in total. The van der Waals surface area contributed by atoms with Crippen LogP contribution in [0.5, 0.6) is 0 Å². The number of nitrogens with one attached hydrogen (secondary N) is 3. The summed E-state index contributed by atoms with van der Waals surface area (Å²) in [6.07, 6.45) is -0.283. The molecule has 0 bridgehead atoms. The summed E-state index contributed by atoms with van der Waals surface area (Å²) in [7, 11) is 0. The Morgan fingerprint density at radius 1 is 1.14 bits per heavy atom. The van der Waals surface area contributed by atoms with E-state index in [-0.39, 0.29) is 12.5 Å². The third kappa shape index (κ3) is 7.21. The zero-order chi connectivity index (χ0) is 21.8. The van der Waals surface area contributed by atoms with Gasteiger partial charge < -0.3 is 25.6 Å². The zero-order valence-electron chi connectivity index (χ0n) is 16.7. The van der Waals surface area contributed by atoms with Crippen LogP contribution in [0.25, 0.3) is 0 Å². The molecule has 0 aliphatic carbocycles. The number of carbonyl (C=O) groups excluding carboxylic acids is 4. The topological polar surface area (TPSA) is 117 Å². The lowest BCUT2D eigenvalue weighted by Crippen LogP contribution is -2.62. The lowest BCUT2D eigenvalue weighted by Gasteiger charge is -2.38. The number of carbonyl (C=O) groups is 4. The molecule has 0 unspecified atom stereocenters. The predicted octanol–water partition coefficient (Wildman–Crippen LogP) is 1.97. The van der Waals surface area contributed by atoms with E-state index < -0.39 is 35.6 Å². The fourth-order valence-electron chi connectivity index (χ4n) is 2.80. The molecule has 1 aromatic heterocycles. The number of ether oxygens (including phenoxy) is 1. The average Bonchev–Trinajstić information content (AvgIpc) is 2.99. The third-order valence-electron chi connectivity index (χ3n) is 4.09. The molecule has 1 aliphatic heterocycles. The van der Waals surface area contributed by atoms with Gasteiger partial charge in [0.05, 0.1) is 21.4 Å². The number of amides is 4. The van der Waals surface area contributed by atoms with E-state index in [2.05, 4.69) is 16.0 Å². The van der Waals surface area contributed by atoms with Gasteiger partial charge in [0.25, 0.3) is 0 Å². The minimum absolute atomic E-state index is 0.141. The molecular weight excluding hydrogens is 420 g/mol. The van der Waals surface area contributed by atoms with Crippen LogP contribution in [0.3, 0.4) is 0 Å². The molecule has 0 aromatic carbocycles. The first-order valence-corrected chi connectivity index (χ1v) is 10.3. The zero-order valence-corrected chi connectivity index (χ0v) is 18.3. The molecule has 4 amide bonds. The molecule has 160 valence electrons. The molecule has 3 N–H and O–H groups in total. The van der Waals surface area contributed by atoms with Crippen LogP contribution in [0.2, 0.25) is 4.34 Å². The fraction of sp³-hybridized carbons (Fsp3) is 0.556. The molecule has 29 heavy (non-hydrogen) atoms. The number of hydrogen-bond donors (Lipinski definition) is 3. The highest BCUT2D eigenvalue weighted by Crippen LogP contribution is 2.25. The minimum atomic E-state index is -0.841. The summed E-state index contributed by atoms with van der Waals surface area (Å²) in [5.41, 5.74) is -0.695. The highest BCUT2D eigenvalue weighted by atomic mass is 35.5. The maximum Gasteiger partial charge on any atom is 0.408 e. The van der Waals surface area contributed by atoms with E-state index in [4.69, 9.17) is 16.3 Å². The van der Waals surface area contributed by atoms with Crippen LogP contribution in [0, 0.1) is 0 Å². The number of likely N-dealkylation sites (tertiary alicyclic amines) is 1. The molecule has 0 saturated carbocycles. The quantitative estimate of drug-likeness (QED) is 0.616. The van der Waals surface area contributed by atoms with Gasteiger partial charge in [0.1, 0.15) is 5.60 Å². The molecule has 2 heterocycles. The van der Waals surface area contributed by atoms with Crippen molar-refractivity contribution >= 4 is 51.8 Å². The van der Waals surface area contributed by atoms with Crippen LogP contribution in [0.15, 0.2) is 12.1 Å². The number of nitrogens with zero attached hydrogens (tertiary/aromatic N) is 1. The van der Waals surface area contributed by atoms with Crippen LogP contribution in [-0.4, -0.2) is 59.5 Å². The highest BCUT2D eigenvalue weighted by molar-refractivity contribution is 7.20. The van der Waals surface area contributed by atoms with E-state index in [1.54, 1.807) is 37.8 Å². The number of rotatable bonds is 3. The maximum absolute atomic E-state index is 12.3. The Bertz CT molecular complexity index is 791. The van der Waals surface area contributed by atoms with Crippen LogP contribution in [0.4, 0.5) is 9.80 Å². The van der Waals surface area contributed by atoms with Gasteiger partial charge in [-0.2, -0.15) is 0 Å². The highest BCUT2D eigenvalue weighted by Gasteiger charge is 2.34. The van der Waals surface area contributed by atoms with E-state index in [1.807, 2.05) is 0 Å². The monoisotopic (exact) mass is 444 g/mol. The first kappa shape index (κ1) is 23.0. The fourth-order valence-corrected chi connectivity index (χ4v) is 3.74. The summed E-state index contributed by atoms with van der Waals surface area (Å²) in [6, 6.07) is 2.06. The van der Waals surface area contributed by atoms with Crippen LogP contribution in [-0.2, 0) is 19.1 Å². The van der Waals surface area contributed by atoms with Gasteiger partial charge in [0.15, 0.2) is 0 Å². The van der Waals surface area contributed by atoms with Crippen LogP contribution >= 0.6 is 22.9 Å². The van der Waals surface area contributed by atoms with E-state index in [1.165, 1.54) is 6.92 Å². The number of halogens is 1. The molecule has 2 rings (SSSR count). The summed E-state index contributed by atoms with van der Waals surface area (Å²) in [4.78, 5) is 49.9. The van der Waals surface area contributed by atoms with Crippen molar-refractivity contribution in [1.29, 1.82) is 0 Å². The second-order valence-electron chi connectivity index (χ2n) is 7.64. The molecule has 2 atom stereocenters. The second-order valence-corrected chi connectivity index (χ2v) is 9.36. The Hall–Kier alpha value is -2.33. The Kier molecular flexibility index (Phi) is 7.48. The Morgan fingerprint density at radius 2 is 1.83 bits per heavy atom. The molecular formula is C18H25ClN4O5S. The summed E-state index contributed by atoms with van der Waals surface area (Å²) in [5.74, 6) is -1.82. The SMILES string of the molecule is CC(=O)N1CC[C@H](NC(=O)C(=O)Nc2ccc(Cl)s2)[C@H](NC(=O)OC(C)(C)C)C1. The van der Waals surface area contributed by atoms with Crippen molar-refractivity contribution in [3.63, 3.8) is 0 Å². The van der Waals surface area contributed by atoms with Crippen molar-refractivity contribution < 1.29 is 23.9 Å². The molecule has 1 aromatic rings. The van der Waals surface area contributed by atoms with Gasteiger partial charge in [-0.1, -0.05) is 11.6 Å². The van der Waals surface area contributed by atoms with E-state index >= 15 is 0 Å². The van der Waals surface area contributed by atoms with Gasteiger partial charge >= 0.3 is 17.9 Å². The smallest absolute Gasteiger partial charge is 0.408 e. The molecule has 0 spiro atoms. The lowest BCUT2D eigenvalue weighted by molar-refractivity contribution is -0.137. The summed E-state index contributed by atoms with van der Waals surface area (Å²) in [5, 5.41) is 8.25. The standard InChI is InChI=1S/C18H25ClN4O5S/c1-10(24)23-8-7-11(12(9-23)21-17(27)28-18(2,3)4)20-15(25)16(26)22-14-6-5-13(19)29-14/h5-6,11-12H,7-9H2,1-4H3,(H,20,25)(H,21,27)(H,22,26)/t11-,12+/m0/s1. The molecule has 1 aliphatic rings. The van der Waals surface area contributed by atoms with Gasteiger partial charge in [0, 0.05) is 20.0 Å². The molecule has 0 radical (unpaired) electrons. The summed E-state index contributed by atoms with van der Waals surface area (Å²) < 4.78 is 5.75. The number of hydrogen-bond acceptors (Lipinski definition) is 6. The molecule has 1 saturated heterocycles. The van der Waals surface area contributed by atoms with Crippen LogP contribution in [0.1, 0.15) is 34.1 Å². The number of thiophene rings is 1. The summed E-state index contributed by atoms with van der Waals surface area (Å²) in [6.45, 7) is 7.22. The van der Waals surface area contributed by atoms with E-state index in [0.717, 1.165) is 11.3 Å². The van der Waals surface area contributed by atoms with Crippen LogP contribution < -0.4 is 16.0 Å². The van der Waals surface area contributed by atoms with Crippen molar-refractivity contribution in [2.45, 2.75) is 51.8 Å². The van der Waals surface area contributed by atoms with Gasteiger partial charge in [-0.15, -0.1) is 11.3 Å². The first-order chi connectivity index (χ1) is 13.4. The number of anilines is 1. The second kappa shape index (κ2) is 9.45. The van der Waals surface area contributed by atoms with E-state index in [9.17, 15) is 19.2 Å². The van der Waals surface area contributed by atoms with Crippen molar-refractivity contribution in [2.75, 3.05) is 18.4 Å². The van der Waals surface area contributed by atoms with E-state index in [0.29, 0.717) is 22.3 Å². The van der Waals surface area contributed by atoms with Gasteiger partial charge in [-0.05, 0) is 39.3 Å². The summed E-state index contributed by atoms with van der Waals surface area (Å²) >= 11 is 6.95. The van der Waals surface area contributed by atoms with Gasteiger partial charge in [-0.25, -0.2) is 4.79 Å². The van der Waals surface area contributed by atoms with Crippen molar-refractivity contribution in [2.24, 2.45) is 0 Å². The van der Waals surface area contributed by atoms with Crippen molar-refractivity contribution in [3.8, 4) is 0 Å². The Labute approximate surface area is 178 Å². The predicted molar refractivity (Wildman–Crippen MR) is 110 cm³/mol. The Balaban J connectivity index is 2.02. The largest absolute Gasteiger partial charge is 0.444 e. The minimum Gasteiger partial charge on any atom is -0.444 e. The first-order valence-electron chi connectivity index (χ1n) is 9.07. The molecule has 1 fully saturated rings. The number of alkyl carbamates (subject to hydrolysis) is 1.